The lowest BCUT2D eigenvalue weighted by atomic mass is 10.0. The minimum Gasteiger partial charge on any atom is -0.368 e. The van der Waals surface area contributed by atoms with E-state index in [9.17, 15) is 9.59 Å². The maximum Gasteiger partial charge on any atom is 0.240 e. The molecule has 1 aliphatic rings. The van der Waals surface area contributed by atoms with Crippen LogP contribution in [0.4, 0.5) is 0 Å². The SMILES string of the molecule is NC(=O)[C@H]1CCCCN1C(=O)CSc1nc2cc(Cl)ccc2s1. The molecular formula is C15H16ClN3O2S2. The zero-order valence-corrected chi connectivity index (χ0v) is 14.7. The van der Waals surface area contributed by atoms with Crippen LogP contribution in [0.1, 0.15) is 19.3 Å². The number of rotatable bonds is 4. The Bertz CT molecular complexity index is 749. The van der Waals surface area contributed by atoms with Crippen LogP contribution >= 0.6 is 34.7 Å². The number of nitrogens with zero attached hydrogens (tertiary/aromatic N) is 2. The number of carbonyl (C=O) groups is 2. The summed E-state index contributed by atoms with van der Waals surface area (Å²) in [7, 11) is 0. The van der Waals surface area contributed by atoms with Gasteiger partial charge in [-0.1, -0.05) is 23.4 Å². The average Bonchev–Trinajstić information content (AvgIpc) is 2.94. The second-order valence-corrected chi connectivity index (χ2v) is 8.07. The average molecular weight is 370 g/mol. The molecule has 3 rings (SSSR count). The standard InChI is InChI=1S/C15H16ClN3O2S2/c16-9-4-5-12-10(7-9)18-15(23-12)22-8-13(20)19-6-2-1-3-11(19)14(17)21/h4-5,7,11H,1-3,6,8H2,(H2,17,21)/t11-/m1/s1. The van der Waals surface area contributed by atoms with Gasteiger partial charge in [0, 0.05) is 11.6 Å². The first kappa shape index (κ1) is 16.5. The van der Waals surface area contributed by atoms with Gasteiger partial charge in [0.25, 0.3) is 0 Å². The smallest absolute Gasteiger partial charge is 0.240 e. The summed E-state index contributed by atoms with van der Waals surface area (Å²) in [5, 5.41) is 0.646. The van der Waals surface area contributed by atoms with Crippen LogP contribution in [0.3, 0.4) is 0 Å². The number of piperidine rings is 1. The molecule has 1 aliphatic heterocycles. The normalized spacial score (nSPS) is 18.3. The minimum atomic E-state index is -0.467. The van der Waals surface area contributed by atoms with E-state index >= 15 is 0 Å². The quantitative estimate of drug-likeness (QED) is 0.840. The molecule has 1 fully saturated rings. The molecule has 2 N–H and O–H groups in total. The highest BCUT2D eigenvalue weighted by molar-refractivity contribution is 8.01. The van der Waals surface area contributed by atoms with Gasteiger partial charge in [-0.05, 0) is 37.5 Å². The van der Waals surface area contributed by atoms with Crippen LogP contribution in [0, 0.1) is 0 Å². The minimum absolute atomic E-state index is 0.0595. The molecular weight excluding hydrogens is 354 g/mol. The first-order valence-corrected chi connectivity index (χ1v) is 9.50. The van der Waals surface area contributed by atoms with Crippen LogP contribution in [-0.4, -0.2) is 40.0 Å². The van der Waals surface area contributed by atoms with Crippen molar-refractivity contribution in [2.24, 2.45) is 5.73 Å². The van der Waals surface area contributed by atoms with E-state index in [1.807, 2.05) is 18.2 Å². The summed E-state index contributed by atoms with van der Waals surface area (Å²) in [5.41, 5.74) is 6.24. The van der Waals surface area contributed by atoms with Gasteiger partial charge in [0.15, 0.2) is 4.34 Å². The maximum absolute atomic E-state index is 12.4. The third-order valence-electron chi connectivity index (χ3n) is 3.80. The van der Waals surface area contributed by atoms with Crippen molar-refractivity contribution in [1.29, 1.82) is 0 Å². The van der Waals surface area contributed by atoms with E-state index in [0.717, 1.165) is 27.4 Å². The highest BCUT2D eigenvalue weighted by Gasteiger charge is 2.30. The number of thioether (sulfide) groups is 1. The number of aromatic nitrogens is 1. The first-order valence-electron chi connectivity index (χ1n) is 7.32. The summed E-state index contributed by atoms with van der Waals surface area (Å²) in [6.45, 7) is 0.600. The van der Waals surface area contributed by atoms with Crippen molar-refractivity contribution in [2.75, 3.05) is 12.3 Å². The number of thiazole rings is 1. The van der Waals surface area contributed by atoms with Gasteiger partial charge >= 0.3 is 0 Å². The molecule has 23 heavy (non-hydrogen) atoms. The lowest BCUT2D eigenvalue weighted by Crippen LogP contribution is -2.51. The van der Waals surface area contributed by atoms with E-state index in [4.69, 9.17) is 17.3 Å². The summed E-state index contributed by atoms with van der Waals surface area (Å²) in [5.74, 6) is -0.217. The van der Waals surface area contributed by atoms with Crippen molar-refractivity contribution < 1.29 is 9.59 Å². The van der Waals surface area contributed by atoms with Gasteiger partial charge in [0.2, 0.25) is 11.8 Å². The monoisotopic (exact) mass is 369 g/mol. The number of benzene rings is 1. The number of fused-ring (bicyclic) bond motifs is 1. The summed E-state index contributed by atoms with van der Waals surface area (Å²) in [6.07, 6.45) is 2.51. The molecule has 5 nitrogen and oxygen atoms in total. The number of likely N-dealkylation sites (tertiary alicyclic amines) is 1. The second-order valence-electron chi connectivity index (χ2n) is 5.38. The van der Waals surface area contributed by atoms with Gasteiger partial charge in [-0.2, -0.15) is 0 Å². The van der Waals surface area contributed by atoms with Crippen molar-refractivity contribution in [1.82, 2.24) is 9.88 Å². The van der Waals surface area contributed by atoms with Crippen LogP contribution in [0.2, 0.25) is 5.02 Å². The number of halogens is 1. The summed E-state index contributed by atoms with van der Waals surface area (Å²) in [4.78, 5) is 30.0. The fraction of sp³-hybridized carbons (Fsp3) is 0.400. The number of amides is 2. The Hall–Kier alpha value is -1.31. The number of carbonyl (C=O) groups excluding carboxylic acids is 2. The highest BCUT2D eigenvalue weighted by Crippen LogP contribution is 2.31. The molecule has 2 heterocycles. The first-order chi connectivity index (χ1) is 11.0. The second kappa shape index (κ2) is 7.07. The molecule has 8 heteroatoms. The Morgan fingerprint density at radius 3 is 3.04 bits per heavy atom. The van der Waals surface area contributed by atoms with E-state index in [-0.39, 0.29) is 11.7 Å². The third-order valence-corrected chi connectivity index (χ3v) is 6.20. The summed E-state index contributed by atoms with van der Waals surface area (Å²) < 4.78 is 1.86. The van der Waals surface area contributed by atoms with Crippen LogP contribution in [0.25, 0.3) is 10.2 Å². The van der Waals surface area contributed by atoms with Crippen molar-refractivity contribution in [3.05, 3.63) is 23.2 Å². The van der Waals surface area contributed by atoms with Gasteiger partial charge in [0.1, 0.15) is 6.04 Å². The molecule has 1 atom stereocenters. The van der Waals surface area contributed by atoms with Gasteiger partial charge in [0.05, 0.1) is 16.0 Å². The maximum atomic E-state index is 12.4. The fourth-order valence-corrected chi connectivity index (χ4v) is 4.77. The molecule has 122 valence electrons. The Kier molecular flexibility index (Phi) is 5.08. The molecule has 0 saturated carbocycles. The summed E-state index contributed by atoms with van der Waals surface area (Å²) in [6, 6.07) is 5.10. The number of nitrogens with two attached hydrogens (primary N) is 1. The van der Waals surface area contributed by atoms with E-state index in [1.165, 1.54) is 23.1 Å². The van der Waals surface area contributed by atoms with E-state index < -0.39 is 11.9 Å². The highest BCUT2D eigenvalue weighted by atomic mass is 35.5. The van der Waals surface area contributed by atoms with Crippen molar-refractivity contribution in [3.63, 3.8) is 0 Å². The van der Waals surface area contributed by atoms with Gasteiger partial charge in [-0.3, -0.25) is 9.59 Å². The molecule has 2 amide bonds. The van der Waals surface area contributed by atoms with Crippen molar-refractivity contribution in [2.45, 2.75) is 29.6 Å². The van der Waals surface area contributed by atoms with Crippen molar-refractivity contribution >= 4 is 56.7 Å². The zero-order chi connectivity index (χ0) is 16.4. The largest absolute Gasteiger partial charge is 0.368 e. The Morgan fingerprint density at radius 1 is 1.43 bits per heavy atom. The van der Waals surface area contributed by atoms with Crippen LogP contribution in [0.15, 0.2) is 22.5 Å². The molecule has 1 aromatic carbocycles. The van der Waals surface area contributed by atoms with Crippen LogP contribution in [0.5, 0.6) is 0 Å². The Labute approximate surface area is 147 Å². The lowest BCUT2D eigenvalue weighted by Gasteiger charge is -2.33. The van der Waals surface area contributed by atoms with Crippen LogP contribution < -0.4 is 5.73 Å². The zero-order valence-electron chi connectivity index (χ0n) is 12.3. The van der Waals surface area contributed by atoms with E-state index in [0.29, 0.717) is 18.0 Å². The van der Waals surface area contributed by atoms with Gasteiger partial charge < -0.3 is 10.6 Å². The number of hydrogen-bond donors (Lipinski definition) is 1. The predicted octanol–water partition coefficient (Wildman–Crippen LogP) is 2.91. The molecule has 0 radical (unpaired) electrons. The lowest BCUT2D eigenvalue weighted by molar-refractivity contribution is -0.138. The number of hydrogen-bond acceptors (Lipinski definition) is 5. The Balaban J connectivity index is 1.66. The molecule has 0 bridgehead atoms. The topological polar surface area (TPSA) is 76.3 Å². The van der Waals surface area contributed by atoms with Gasteiger partial charge in [-0.25, -0.2) is 4.98 Å². The van der Waals surface area contributed by atoms with Crippen molar-refractivity contribution in [3.8, 4) is 0 Å². The summed E-state index contributed by atoms with van der Waals surface area (Å²) >= 11 is 8.88. The number of primary amides is 1. The van der Waals surface area contributed by atoms with Crippen LogP contribution in [-0.2, 0) is 9.59 Å². The predicted molar refractivity (Wildman–Crippen MR) is 93.9 cm³/mol. The fourth-order valence-electron chi connectivity index (χ4n) is 2.67. The molecule has 0 spiro atoms. The molecule has 1 saturated heterocycles. The van der Waals surface area contributed by atoms with E-state index in [2.05, 4.69) is 4.98 Å². The molecule has 0 unspecified atom stereocenters. The third kappa shape index (κ3) is 3.79. The van der Waals surface area contributed by atoms with E-state index in [1.54, 1.807) is 4.90 Å². The molecule has 1 aromatic heterocycles. The Morgan fingerprint density at radius 2 is 2.26 bits per heavy atom. The molecule has 0 aliphatic carbocycles. The van der Waals surface area contributed by atoms with Gasteiger partial charge in [-0.15, -0.1) is 11.3 Å². The molecule has 2 aromatic rings.